The van der Waals surface area contributed by atoms with Crippen molar-refractivity contribution in [3.05, 3.63) is 12.7 Å². The van der Waals surface area contributed by atoms with Gasteiger partial charge in [0.1, 0.15) is 0 Å². The van der Waals surface area contributed by atoms with Gasteiger partial charge in [0.15, 0.2) is 0 Å². The first-order valence-corrected chi connectivity index (χ1v) is 6.79. The quantitative estimate of drug-likeness (QED) is 0.473. The maximum absolute atomic E-state index is 11.7. The van der Waals surface area contributed by atoms with E-state index in [1.165, 1.54) is 0 Å². The van der Waals surface area contributed by atoms with Gasteiger partial charge in [-0.25, -0.2) is 4.79 Å². The molecular formula is C14H26N2O3. The Labute approximate surface area is 115 Å². The molecule has 0 bridgehead atoms. The molecule has 0 fully saturated rings. The van der Waals surface area contributed by atoms with Gasteiger partial charge in [-0.1, -0.05) is 13.0 Å². The number of aliphatic carboxylic acids is 1. The maximum atomic E-state index is 11.7. The minimum atomic E-state index is -0.766. The molecule has 0 aliphatic rings. The smallest absolute Gasteiger partial charge is 0.317 e. The highest BCUT2D eigenvalue weighted by Crippen LogP contribution is 2.09. The number of amides is 2. The number of nitrogens with one attached hydrogen (secondary N) is 1. The third-order valence-electron chi connectivity index (χ3n) is 3.01. The van der Waals surface area contributed by atoms with Crippen LogP contribution in [0.4, 0.5) is 4.79 Å². The van der Waals surface area contributed by atoms with Crippen LogP contribution in [0.1, 0.15) is 39.0 Å². The van der Waals surface area contributed by atoms with Gasteiger partial charge in [0.25, 0.3) is 0 Å². The Bertz CT molecular complexity index is 292. The summed E-state index contributed by atoms with van der Waals surface area (Å²) in [6.07, 6.45) is 5.32. The zero-order chi connectivity index (χ0) is 14.7. The van der Waals surface area contributed by atoms with Crippen LogP contribution in [0.3, 0.4) is 0 Å². The Kier molecular flexibility index (Phi) is 9.57. The van der Waals surface area contributed by atoms with Crippen LogP contribution in [0.25, 0.3) is 0 Å². The number of hydrogen-bond acceptors (Lipinski definition) is 2. The summed E-state index contributed by atoms with van der Waals surface area (Å²) in [5.41, 5.74) is 0. The van der Waals surface area contributed by atoms with Crippen molar-refractivity contribution in [3.63, 3.8) is 0 Å². The maximum Gasteiger partial charge on any atom is 0.317 e. The van der Waals surface area contributed by atoms with Gasteiger partial charge in [-0.05, 0) is 31.6 Å². The van der Waals surface area contributed by atoms with E-state index in [0.717, 1.165) is 19.3 Å². The third-order valence-corrected chi connectivity index (χ3v) is 3.01. The number of rotatable bonds is 10. The van der Waals surface area contributed by atoms with E-state index in [4.69, 9.17) is 5.11 Å². The number of urea groups is 1. The molecule has 19 heavy (non-hydrogen) atoms. The second kappa shape index (κ2) is 10.4. The SMILES string of the molecule is C=CCCCN(C)C(=O)NCCC(C)CCC(=O)O. The molecular weight excluding hydrogens is 244 g/mol. The third kappa shape index (κ3) is 10.1. The second-order valence-corrected chi connectivity index (χ2v) is 4.91. The lowest BCUT2D eigenvalue weighted by atomic mass is 10.0. The molecule has 0 aromatic carbocycles. The number of carbonyl (C=O) groups is 2. The number of carboxylic acid groups (broad SMARTS) is 1. The number of carbonyl (C=O) groups excluding carboxylic acids is 1. The molecule has 0 aliphatic carbocycles. The summed E-state index contributed by atoms with van der Waals surface area (Å²) in [4.78, 5) is 23.8. The topological polar surface area (TPSA) is 69.6 Å². The van der Waals surface area contributed by atoms with E-state index in [9.17, 15) is 9.59 Å². The molecule has 0 saturated heterocycles. The Balaban J connectivity index is 3.66. The fourth-order valence-corrected chi connectivity index (χ4v) is 1.65. The van der Waals surface area contributed by atoms with E-state index < -0.39 is 5.97 Å². The lowest BCUT2D eigenvalue weighted by molar-refractivity contribution is -0.137. The highest BCUT2D eigenvalue weighted by atomic mass is 16.4. The number of nitrogens with zero attached hydrogens (tertiary/aromatic N) is 1. The summed E-state index contributed by atoms with van der Waals surface area (Å²) >= 11 is 0. The minimum absolute atomic E-state index is 0.0745. The van der Waals surface area contributed by atoms with Crippen LogP contribution >= 0.6 is 0 Å². The van der Waals surface area contributed by atoms with Crippen LogP contribution in [0.15, 0.2) is 12.7 Å². The van der Waals surface area contributed by atoms with E-state index in [1.54, 1.807) is 11.9 Å². The fraction of sp³-hybridized carbons (Fsp3) is 0.714. The molecule has 5 heteroatoms. The molecule has 0 heterocycles. The molecule has 0 aromatic rings. The van der Waals surface area contributed by atoms with Crippen molar-refractivity contribution in [1.82, 2.24) is 10.2 Å². The number of unbranched alkanes of at least 4 members (excludes halogenated alkanes) is 1. The largest absolute Gasteiger partial charge is 0.481 e. The summed E-state index contributed by atoms with van der Waals surface area (Å²) < 4.78 is 0. The molecule has 5 nitrogen and oxygen atoms in total. The molecule has 1 atom stereocenters. The molecule has 1 unspecified atom stereocenters. The van der Waals surface area contributed by atoms with E-state index in [2.05, 4.69) is 11.9 Å². The van der Waals surface area contributed by atoms with E-state index in [-0.39, 0.29) is 12.5 Å². The van der Waals surface area contributed by atoms with E-state index in [0.29, 0.717) is 25.4 Å². The molecule has 0 aliphatic heterocycles. The lowest BCUT2D eigenvalue weighted by Crippen LogP contribution is -2.38. The van der Waals surface area contributed by atoms with Crippen molar-refractivity contribution in [2.24, 2.45) is 5.92 Å². The van der Waals surface area contributed by atoms with Crippen LogP contribution in [-0.2, 0) is 4.79 Å². The van der Waals surface area contributed by atoms with Crippen molar-refractivity contribution in [2.45, 2.75) is 39.0 Å². The molecule has 0 saturated carbocycles. The highest BCUT2D eigenvalue weighted by molar-refractivity contribution is 5.73. The Morgan fingerprint density at radius 3 is 2.68 bits per heavy atom. The Morgan fingerprint density at radius 2 is 2.11 bits per heavy atom. The Morgan fingerprint density at radius 1 is 1.42 bits per heavy atom. The summed E-state index contributed by atoms with van der Waals surface area (Å²) in [5, 5.41) is 11.4. The van der Waals surface area contributed by atoms with Gasteiger partial charge in [0.2, 0.25) is 0 Å². The van der Waals surface area contributed by atoms with E-state index >= 15 is 0 Å². The van der Waals surface area contributed by atoms with Crippen LogP contribution in [0.5, 0.6) is 0 Å². The summed E-state index contributed by atoms with van der Waals surface area (Å²) in [6.45, 7) is 6.95. The van der Waals surface area contributed by atoms with Crippen molar-refractivity contribution in [3.8, 4) is 0 Å². The van der Waals surface area contributed by atoms with Crippen molar-refractivity contribution in [1.29, 1.82) is 0 Å². The Hall–Kier alpha value is -1.52. The first-order valence-electron chi connectivity index (χ1n) is 6.79. The van der Waals surface area contributed by atoms with Crippen LogP contribution in [-0.4, -0.2) is 42.1 Å². The minimum Gasteiger partial charge on any atom is -0.481 e. The highest BCUT2D eigenvalue weighted by Gasteiger charge is 2.09. The van der Waals surface area contributed by atoms with Crippen LogP contribution in [0, 0.1) is 5.92 Å². The van der Waals surface area contributed by atoms with Gasteiger partial charge in [-0.3, -0.25) is 4.79 Å². The lowest BCUT2D eigenvalue weighted by Gasteiger charge is -2.18. The van der Waals surface area contributed by atoms with Crippen molar-refractivity contribution in [2.75, 3.05) is 20.1 Å². The van der Waals surface area contributed by atoms with Gasteiger partial charge in [0.05, 0.1) is 0 Å². The summed E-state index contributed by atoms with van der Waals surface area (Å²) in [5.74, 6) is -0.458. The summed E-state index contributed by atoms with van der Waals surface area (Å²) in [7, 11) is 1.77. The first kappa shape index (κ1) is 17.5. The zero-order valence-corrected chi connectivity index (χ0v) is 12.0. The van der Waals surface area contributed by atoms with Crippen molar-refractivity contribution < 1.29 is 14.7 Å². The van der Waals surface area contributed by atoms with Crippen LogP contribution in [0.2, 0.25) is 0 Å². The van der Waals surface area contributed by atoms with Crippen molar-refractivity contribution >= 4 is 12.0 Å². The monoisotopic (exact) mass is 270 g/mol. The van der Waals surface area contributed by atoms with Crippen LogP contribution < -0.4 is 5.32 Å². The fourth-order valence-electron chi connectivity index (χ4n) is 1.65. The van der Waals surface area contributed by atoms with Gasteiger partial charge >= 0.3 is 12.0 Å². The average molecular weight is 270 g/mol. The summed E-state index contributed by atoms with van der Waals surface area (Å²) in [6, 6.07) is -0.0745. The predicted octanol–water partition coefficient (Wildman–Crippen LogP) is 2.49. The number of allylic oxidation sites excluding steroid dienone is 1. The van der Waals surface area contributed by atoms with Gasteiger partial charge in [0, 0.05) is 26.6 Å². The molecule has 0 radical (unpaired) electrons. The van der Waals surface area contributed by atoms with Gasteiger partial charge < -0.3 is 15.3 Å². The molecule has 2 N–H and O–H groups in total. The van der Waals surface area contributed by atoms with E-state index in [1.807, 2.05) is 13.0 Å². The molecule has 0 aromatic heterocycles. The second-order valence-electron chi connectivity index (χ2n) is 4.91. The molecule has 0 spiro atoms. The average Bonchev–Trinajstić information content (AvgIpc) is 2.36. The molecule has 110 valence electrons. The molecule has 2 amide bonds. The van der Waals surface area contributed by atoms with Gasteiger partial charge in [-0.2, -0.15) is 0 Å². The van der Waals surface area contributed by atoms with Gasteiger partial charge in [-0.15, -0.1) is 6.58 Å². The standard InChI is InChI=1S/C14H26N2O3/c1-4-5-6-11-16(3)14(19)15-10-9-12(2)7-8-13(17)18/h4,12H,1,5-11H2,2-3H3,(H,15,19)(H,17,18). The zero-order valence-electron chi connectivity index (χ0n) is 12.0. The predicted molar refractivity (Wildman–Crippen MR) is 76.1 cm³/mol. The molecule has 0 rings (SSSR count). The number of carboxylic acids is 1. The normalized spacial score (nSPS) is 11.7. The number of hydrogen-bond donors (Lipinski definition) is 2. The first-order chi connectivity index (χ1) is 8.97.